The first-order valence-corrected chi connectivity index (χ1v) is 12.7. The van der Waals surface area contributed by atoms with Gasteiger partial charge >= 0.3 is 0 Å². The number of ether oxygens (including phenoxy) is 2. The first-order valence-electron chi connectivity index (χ1n) is 10.2. The summed E-state index contributed by atoms with van der Waals surface area (Å²) in [5, 5.41) is 4.39. The topological polar surface area (TPSA) is 25.1 Å². The lowest BCUT2D eigenvalue weighted by molar-refractivity contribution is 0.407. The van der Waals surface area contributed by atoms with Crippen LogP contribution in [0.5, 0.6) is 0 Å². The summed E-state index contributed by atoms with van der Waals surface area (Å²) in [6, 6.07) is 29.5. The van der Waals surface area contributed by atoms with Crippen molar-refractivity contribution in [3.63, 3.8) is 0 Å². The van der Waals surface area contributed by atoms with Gasteiger partial charge in [-0.2, -0.15) is 0 Å². The van der Waals surface area contributed by atoms with Crippen molar-refractivity contribution in [1.82, 2.24) is 0 Å². The zero-order valence-corrected chi connectivity index (χ0v) is 17.3. The van der Waals surface area contributed by atoms with Crippen LogP contribution in [0.2, 0.25) is 6.55 Å². The molecule has 3 aromatic rings. The molecule has 0 N–H and O–H groups in total. The molecule has 0 saturated carbocycles. The van der Waals surface area contributed by atoms with Crippen LogP contribution in [0.1, 0.15) is 11.1 Å². The Morgan fingerprint density at radius 2 is 1.14 bits per heavy atom. The third-order valence-electron chi connectivity index (χ3n) is 6.09. The van der Waals surface area contributed by atoms with Gasteiger partial charge in [0.25, 0.3) is 0 Å². The Kier molecular flexibility index (Phi) is 4.67. The molecule has 0 amide bonds. The Morgan fingerprint density at radius 3 is 1.61 bits per heavy atom. The van der Waals surface area contributed by atoms with Crippen LogP contribution in [-0.4, -0.2) is 33.5 Å². The molecular formula is C25H26O2Si. The van der Waals surface area contributed by atoms with Crippen molar-refractivity contribution in [1.29, 1.82) is 0 Å². The highest BCUT2D eigenvalue weighted by molar-refractivity contribution is 7.10. The van der Waals surface area contributed by atoms with E-state index < -0.39 is 8.07 Å². The van der Waals surface area contributed by atoms with Crippen LogP contribution in [0.25, 0.3) is 0 Å². The molecule has 2 saturated heterocycles. The summed E-state index contributed by atoms with van der Waals surface area (Å²) in [6.45, 7) is 4.30. The maximum absolute atomic E-state index is 5.47. The van der Waals surface area contributed by atoms with E-state index in [4.69, 9.17) is 9.47 Å². The van der Waals surface area contributed by atoms with Gasteiger partial charge < -0.3 is 9.47 Å². The highest BCUT2D eigenvalue weighted by Crippen LogP contribution is 2.18. The van der Waals surface area contributed by atoms with Gasteiger partial charge in [-0.3, -0.25) is 0 Å². The van der Waals surface area contributed by atoms with Crippen LogP contribution < -0.4 is 15.6 Å². The van der Waals surface area contributed by atoms with E-state index in [0.29, 0.717) is 12.2 Å². The van der Waals surface area contributed by atoms with Crippen molar-refractivity contribution in [2.75, 3.05) is 13.2 Å². The van der Waals surface area contributed by atoms with Gasteiger partial charge in [-0.05, 0) is 26.7 Å². The summed E-state index contributed by atoms with van der Waals surface area (Å²) in [5.74, 6) is 0. The molecule has 142 valence electrons. The Morgan fingerprint density at radius 1 is 0.679 bits per heavy atom. The molecule has 0 aliphatic carbocycles. The fourth-order valence-corrected chi connectivity index (χ4v) is 7.85. The Labute approximate surface area is 168 Å². The van der Waals surface area contributed by atoms with Gasteiger partial charge in [0, 0.05) is 12.8 Å². The number of epoxide rings is 2. The number of hydrogen-bond donors (Lipinski definition) is 0. The molecule has 0 spiro atoms. The summed E-state index contributed by atoms with van der Waals surface area (Å²) in [5.41, 5.74) is 2.77. The molecule has 0 aromatic heterocycles. The molecule has 2 heterocycles. The second kappa shape index (κ2) is 7.32. The van der Waals surface area contributed by atoms with E-state index in [1.807, 2.05) is 0 Å². The lowest BCUT2D eigenvalue weighted by atomic mass is 10.1. The highest BCUT2D eigenvalue weighted by Gasteiger charge is 2.35. The van der Waals surface area contributed by atoms with Crippen LogP contribution in [0.15, 0.2) is 78.9 Å². The van der Waals surface area contributed by atoms with Crippen LogP contribution in [0.3, 0.4) is 0 Å². The van der Waals surface area contributed by atoms with E-state index >= 15 is 0 Å². The third-order valence-corrected chi connectivity index (χ3v) is 10.5. The summed E-state index contributed by atoms with van der Waals surface area (Å²) >= 11 is 0. The molecule has 2 nitrogen and oxygen atoms in total. The van der Waals surface area contributed by atoms with Gasteiger partial charge in [-0.1, -0.05) is 85.4 Å². The molecule has 0 bridgehead atoms. The van der Waals surface area contributed by atoms with E-state index in [2.05, 4.69) is 85.4 Å². The second-order valence-electron chi connectivity index (χ2n) is 8.21. The van der Waals surface area contributed by atoms with E-state index in [-0.39, 0.29) is 0 Å². The molecule has 2 atom stereocenters. The number of rotatable bonds is 7. The maximum atomic E-state index is 5.47. The van der Waals surface area contributed by atoms with Crippen molar-refractivity contribution < 1.29 is 9.47 Å². The van der Waals surface area contributed by atoms with Gasteiger partial charge in [0.2, 0.25) is 0 Å². The molecule has 0 radical (unpaired) electrons. The molecule has 2 unspecified atom stereocenters. The minimum absolute atomic E-state index is 0.418. The van der Waals surface area contributed by atoms with E-state index in [9.17, 15) is 0 Å². The summed E-state index contributed by atoms with van der Waals surface area (Å²) < 4.78 is 10.9. The molecule has 2 fully saturated rings. The SMILES string of the molecule is C[Si](c1ccccc1)(c1cccc(CC2CO2)c1)c1cccc(CC2CO2)c1. The van der Waals surface area contributed by atoms with Crippen LogP contribution in [-0.2, 0) is 22.3 Å². The highest BCUT2D eigenvalue weighted by atomic mass is 28.3. The molecule has 3 aromatic carbocycles. The summed E-state index contributed by atoms with van der Waals surface area (Å²) in [4.78, 5) is 0. The van der Waals surface area contributed by atoms with Crippen molar-refractivity contribution in [3.05, 3.63) is 90.0 Å². The summed E-state index contributed by atoms with van der Waals surface area (Å²) in [6.07, 6.45) is 2.88. The fraction of sp³-hybridized carbons (Fsp3) is 0.280. The van der Waals surface area contributed by atoms with Gasteiger partial charge in [-0.25, -0.2) is 0 Å². The van der Waals surface area contributed by atoms with E-state index in [1.54, 1.807) is 0 Å². The maximum Gasteiger partial charge on any atom is 0.145 e. The first-order chi connectivity index (χ1) is 13.7. The first kappa shape index (κ1) is 17.9. The van der Waals surface area contributed by atoms with Crippen LogP contribution in [0.4, 0.5) is 0 Å². The number of benzene rings is 3. The average molecular weight is 387 g/mol. The fourth-order valence-electron chi connectivity index (χ4n) is 4.19. The normalized spacial score (nSPS) is 22.5. The van der Waals surface area contributed by atoms with Gasteiger partial charge in [0.1, 0.15) is 8.07 Å². The molecule has 3 heteroatoms. The standard InChI is InChI=1S/C25H26O2Si/c1-28(23-9-3-2-4-10-23,24-11-5-7-19(15-24)13-21-17-26-21)25-12-6-8-20(16-25)14-22-18-27-22/h2-12,15-16,21-22H,13-14,17-18H2,1H3. The Hall–Kier alpha value is -2.20. The van der Waals surface area contributed by atoms with Crippen LogP contribution >= 0.6 is 0 Å². The van der Waals surface area contributed by atoms with Crippen molar-refractivity contribution in [2.24, 2.45) is 0 Å². The number of hydrogen-bond acceptors (Lipinski definition) is 2. The Balaban J connectivity index is 1.59. The smallest absolute Gasteiger partial charge is 0.145 e. The van der Waals surface area contributed by atoms with E-state index in [1.165, 1.54) is 26.7 Å². The lowest BCUT2D eigenvalue weighted by Gasteiger charge is -2.30. The third kappa shape index (κ3) is 3.70. The average Bonchev–Trinajstić information content (AvgIpc) is 3.66. The van der Waals surface area contributed by atoms with Crippen molar-refractivity contribution >= 4 is 23.6 Å². The minimum Gasteiger partial charge on any atom is -0.373 e. The molecule has 2 aliphatic rings. The van der Waals surface area contributed by atoms with Crippen molar-refractivity contribution in [2.45, 2.75) is 31.6 Å². The largest absolute Gasteiger partial charge is 0.373 e. The predicted octanol–water partition coefficient (Wildman–Crippen LogP) is 2.67. The van der Waals surface area contributed by atoms with Crippen molar-refractivity contribution in [3.8, 4) is 0 Å². The molecule has 28 heavy (non-hydrogen) atoms. The van der Waals surface area contributed by atoms with E-state index in [0.717, 1.165) is 26.1 Å². The lowest BCUT2D eigenvalue weighted by Crippen LogP contribution is -2.64. The summed E-state index contributed by atoms with van der Waals surface area (Å²) in [7, 11) is -2.08. The minimum atomic E-state index is -2.08. The van der Waals surface area contributed by atoms with Gasteiger partial charge in [-0.15, -0.1) is 0 Å². The second-order valence-corrected chi connectivity index (χ2v) is 12.2. The molecule has 5 rings (SSSR count). The quantitative estimate of drug-likeness (QED) is 0.354. The van der Waals surface area contributed by atoms with Gasteiger partial charge in [0.15, 0.2) is 0 Å². The monoisotopic (exact) mass is 386 g/mol. The zero-order valence-electron chi connectivity index (χ0n) is 16.3. The van der Waals surface area contributed by atoms with Gasteiger partial charge in [0.05, 0.1) is 25.4 Å². The molecular weight excluding hydrogens is 360 g/mol. The Bertz CT molecular complexity index is 904. The zero-order chi connectivity index (χ0) is 19.0. The predicted molar refractivity (Wildman–Crippen MR) is 117 cm³/mol. The van der Waals surface area contributed by atoms with Crippen LogP contribution in [0, 0.1) is 0 Å². The molecule has 2 aliphatic heterocycles.